The molecule has 14 heteroatoms. The van der Waals surface area contributed by atoms with Crippen molar-refractivity contribution in [2.24, 2.45) is 17.4 Å². The van der Waals surface area contributed by atoms with Crippen LogP contribution in [0.25, 0.3) is 0 Å². The fraction of sp³-hybridized carbons (Fsp3) is 0.579. The van der Waals surface area contributed by atoms with Gasteiger partial charge in [0.2, 0.25) is 23.6 Å². The zero-order chi connectivity index (χ0) is 25.1. The van der Waals surface area contributed by atoms with Crippen LogP contribution in [0.2, 0.25) is 0 Å². The van der Waals surface area contributed by atoms with Crippen molar-refractivity contribution >= 4 is 29.6 Å². The number of nitrogens with one attached hydrogen (secondary N) is 4. The van der Waals surface area contributed by atoms with Crippen LogP contribution in [-0.4, -0.2) is 80.6 Å². The molecule has 14 nitrogen and oxygen atoms in total. The highest BCUT2D eigenvalue weighted by atomic mass is 16.4. The van der Waals surface area contributed by atoms with Crippen molar-refractivity contribution in [1.29, 1.82) is 0 Å². The molecule has 0 saturated heterocycles. The Hall–Kier alpha value is -3.52. The maximum Gasteiger partial charge on any atom is 0.326 e. The number of imidazole rings is 1. The van der Waals surface area contributed by atoms with E-state index in [1.807, 2.05) is 0 Å². The van der Waals surface area contributed by atoms with E-state index in [0.717, 1.165) is 0 Å². The molecular weight excluding hydrogens is 438 g/mol. The molecule has 0 fully saturated rings. The zero-order valence-electron chi connectivity index (χ0n) is 18.4. The molecule has 4 atom stereocenters. The molecule has 33 heavy (non-hydrogen) atoms. The summed E-state index contributed by atoms with van der Waals surface area (Å²) in [6, 6.07) is -5.04. The molecule has 1 rings (SSSR count). The molecule has 0 aliphatic heterocycles. The lowest BCUT2D eigenvalue weighted by atomic mass is 10.0. The van der Waals surface area contributed by atoms with Gasteiger partial charge in [-0.25, -0.2) is 9.78 Å². The normalized spacial score (nSPS) is 14.6. The molecule has 0 spiro atoms. The van der Waals surface area contributed by atoms with Gasteiger partial charge in [0.25, 0.3) is 0 Å². The Kier molecular flexibility index (Phi) is 10.9. The topological polar surface area (TPSA) is 243 Å². The van der Waals surface area contributed by atoms with E-state index in [9.17, 15) is 34.2 Å². The van der Waals surface area contributed by atoms with Crippen molar-refractivity contribution in [3.8, 4) is 0 Å². The predicted octanol–water partition coefficient (Wildman–Crippen LogP) is -3.27. The number of hydrogen-bond acceptors (Lipinski definition) is 8. The molecule has 0 radical (unpaired) electrons. The summed E-state index contributed by atoms with van der Waals surface area (Å²) in [7, 11) is 0. The first kappa shape index (κ1) is 27.5. The highest BCUT2D eigenvalue weighted by Gasteiger charge is 2.31. The van der Waals surface area contributed by atoms with Gasteiger partial charge in [-0.3, -0.25) is 19.2 Å². The highest BCUT2D eigenvalue weighted by Crippen LogP contribution is 2.04. The van der Waals surface area contributed by atoms with Crippen molar-refractivity contribution in [3.05, 3.63) is 18.2 Å². The molecule has 0 aliphatic carbocycles. The Bertz CT molecular complexity index is 828. The van der Waals surface area contributed by atoms with Crippen LogP contribution in [0.3, 0.4) is 0 Å². The van der Waals surface area contributed by atoms with E-state index >= 15 is 0 Å². The van der Waals surface area contributed by atoms with E-state index in [4.69, 9.17) is 11.5 Å². The smallest absolute Gasteiger partial charge is 0.326 e. The van der Waals surface area contributed by atoms with E-state index in [-0.39, 0.29) is 25.2 Å². The van der Waals surface area contributed by atoms with Gasteiger partial charge in [-0.05, 0) is 12.3 Å². The minimum absolute atomic E-state index is 0.0999. The minimum atomic E-state index is -1.43. The molecule has 1 aromatic rings. The van der Waals surface area contributed by atoms with Gasteiger partial charge in [-0.1, -0.05) is 13.8 Å². The first-order valence-corrected chi connectivity index (χ1v) is 10.2. The van der Waals surface area contributed by atoms with Gasteiger partial charge < -0.3 is 42.6 Å². The number of H-pyrrole nitrogens is 1. The summed E-state index contributed by atoms with van der Waals surface area (Å²) in [4.78, 5) is 66.6. The summed E-state index contributed by atoms with van der Waals surface area (Å²) >= 11 is 0. The minimum Gasteiger partial charge on any atom is -0.480 e. The number of aliphatic hydroxyl groups excluding tert-OH is 1. The van der Waals surface area contributed by atoms with Crippen molar-refractivity contribution in [1.82, 2.24) is 25.9 Å². The number of rotatable bonds is 14. The number of nitrogens with two attached hydrogens (primary N) is 2. The van der Waals surface area contributed by atoms with E-state index in [1.54, 1.807) is 13.8 Å². The fourth-order valence-corrected chi connectivity index (χ4v) is 2.68. The Morgan fingerprint density at radius 3 is 2.09 bits per heavy atom. The van der Waals surface area contributed by atoms with E-state index in [0.29, 0.717) is 5.69 Å². The van der Waals surface area contributed by atoms with Crippen molar-refractivity contribution in [2.75, 3.05) is 6.61 Å². The molecule has 4 amide bonds. The quantitative estimate of drug-likeness (QED) is 0.136. The maximum absolute atomic E-state index is 12.8. The third-order valence-electron chi connectivity index (χ3n) is 4.74. The fourth-order valence-electron chi connectivity index (χ4n) is 2.68. The SMILES string of the molecule is CC(C)C(N)C(=O)NC(CO)C(=O)NC(Cc1cnc[nH]1)C(=O)NC(CCC(N)=O)C(=O)O. The van der Waals surface area contributed by atoms with Crippen LogP contribution in [0.1, 0.15) is 32.4 Å². The molecule has 10 N–H and O–H groups in total. The number of carbonyl (C=O) groups is 5. The van der Waals surface area contributed by atoms with Crippen LogP contribution in [0.4, 0.5) is 0 Å². The first-order valence-electron chi connectivity index (χ1n) is 10.2. The van der Waals surface area contributed by atoms with Crippen LogP contribution in [0.15, 0.2) is 12.5 Å². The van der Waals surface area contributed by atoms with E-state index in [1.165, 1.54) is 12.5 Å². The van der Waals surface area contributed by atoms with Crippen LogP contribution in [-0.2, 0) is 30.4 Å². The lowest BCUT2D eigenvalue weighted by Crippen LogP contribution is -2.59. The molecule has 1 heterocycles. The Balaban J connectivity index is 2.97. The zero-order valence-corrected chi connectivity index (χ0v) is 18.4. The number of carboxylic acid groups (broad SMARTS) is 1. The second-order valence-corrected chi connectivity index (χ2v) is 7.76. The van der Waals surface area contributed by atoms with Gasteiger partial charge in [0.1, 0.15) is 18.1 Å². The third-order valence-corrected chi connectivity index (χ3v) is 4.74. The largest absolute Gasteiger partial charge is 0.480 e. The molecule has 4 unspecified atom stereocenters. The third kappa shape index (κ3) is 9.24. The van der Waals surface area contributed by atoms with Crippen molar-refractivity contribution in [2.45, 2.75) is 57.3 Å². The maximum atomic E-state index is 12.8. The number of amides is 4. The highest BCUT2D eigenvalue weighted by molar-refractivity contribution is 5.94. The Labute approximate surface area is 189 Å². The number of aromatic nitrogens is 2. The van der Waals surface area contributed by atoms with Crippen LogP contribution in [0.5, 0.6) is 0 Å². The number of aromatic amines is 1. The average Bonchev–Trinajstić information content (AvgIpc) is 3.25. The van der Waals surface area contributed by atoms with E-state index in [2.05, 4.69) is 25.9 Å². The van der Waals surface area contributed by atoms with Crippen LogP contribution in [0, 0.1) is 5.92 Å². The first-order chi connectivity index (χ1) is 15.5. The van der Waals surface area contributed by atoms with Gasteiger partial charge >= 0.3 is 5.97 Å². The number of carbonyl (C=O) groups excluding carboxylic acids is 4. The number of aliphatic hydroxyl groups is 1. The second kappa shape index (κ2) is 13.1. The molecule has 0 aliphatic rings. The number of aliphatic carboxylic acids is 1. The number of nitrogens with zero attached hydrogens (tertiary/aromatic N) is 1. The lowest BCUT2D eigenvalue weighted by Gasteiger charge is -2.24. The van der Waals surface area contributed by atoms with Gasteiger partial charge in [-0.15, -0.1) is 0 Å². The summed E-state index contributed by atoms with van der Waals surface area (Å²) in [5.74, 6) is -4.76. The molecule has 0 saturated carbocycles. The van der Waals surface area contributed by atoms with Gasteiger partial charge in [0.15, 0.2) is 0 Å². The summed E-state index contributed by atoms with van der Waals surface area (Å²) < 4.78 is 0. The predicted molar refractivity (Wildman–Crippen MR) is 114 cm³/mol. The standard InChI is InChI=1S/C19H31N7O7/c1-9(2)15(21)18(31)26-13(7-27)17(30)25-12(5-10-6-22-8-23-10)16(29)24-11(19(32)33)3-4-14(20)28/h6,8-9,11-13,15,27H,3-5,7,21H2,1-2H3,(H2,20,28)(H,22,23)(H,24,29)(H,25,30)(H,26,31)(H,32,33). The van der Waals surface area contributed by atoms with Gasteiger partial charge in [0.05, 0.1) is 19.0 Å². The second-order valence-electron chi connectivity index (χ2n) is 7.76. The lowest BCUT2D eigenvalue weighted by molar-refractivity contribution is -0.142. The molecular formula is C19H31N7O7. The monoisotopic (exact) mass is 469 g/mol. The van der Waals surface area contributed by atoms with Crippen molar-refractivity contribution in [3.63, 3.8) is 0 Å². The molecule has 0 bridgehead atoms. The Morgan fingerprint density at radius 2 is 1.61 bits per heavy atom. The summed E-state index contributed by atoms with van der Waals surface area (Å²) in [5.41, 5.74) is 11.2. The Morgan fingerprint density at radius 1 is 1.03 bits per heavy atom. The van der Waals surface area contributed by atoms with Crippen LogP contribution >= 0.6 is 0 Å². The van der Waals surface area contributed by atoms with Crippen molar-refractivity contribution < 1.29 is 34.2 Å². The molecule has 184 valence electrons. The summed E-state index contributed by atoms with van der Waals surface area (Å²) in [6.45, 7) is 2.65. The van der Waals surface area contributed by atoms with Gasteiger partial charge in [0, 0.05) is 24.7 Å². The van der Waals surface area contributed by atoms with E-state index < -0.39 is 60.4 Å². The molecule has 0 aromatic carbocycles. The number of carboxylic acids is 1. The number of hydrogen-bond donors (Lipinski definition) is 8. The average molecular weight is 469 g/mol. The summed E-state index contributed by atoms with van der Waals surface area (Å²) in [5, 5.41) is 25.8. The molecule has 1 aromatic heterocycles. The number of primary amides is 1. The summed E-state index contributed by atoms with van der Waals surface area (Å²) in [6.07, 6.45) is 2.13. The van der Waals surface area contributed by atoms with Crippen LogP contribution < -0.4 is 27.4 Å². The van der Waals surface area contributed by atoms with Gasteiger partial charge in [-0.2, -0.15) is 0 Å².